The summed E-state index contributed by atoms with van der Waals surface area (Å²) in [4.78, 5) is 13.3. The number of hydrogen-bond acceptors (Lipinski definition) is 5. The van der Waals surface area contributed by atoms with Crippen molar-refractivity contribution in [3.63, 3.8) is 0 Å². The van der Waals surface area contributed by atoms with Crippen LogP contribution in [0.2, 0.25) is 0 Å². The molecule has 0 aliphatic heterocycles. The third-order valence-corrected chi connectivity index (χ3v) is 6.04. The summed E-state index contributed by atoms with van der Waals surface area (Å²) in [5.41, 5.74) is 1.37. The maximum atomic E-state index is 12.2. The van der Waals surface area contributed by atoms with Gasteiger partial charge in [-0.2, -0.15) is 0 Å². The predicted octanol–water partition coefficient (Wildman–Crippen LogP) is 3.42. The van der Waals surface area contributed by atoms with Crippen molar-refractivity contribution in [1.29, 1.82) is 0 Å². The van der Waals surface area contributed by atoms with Gasteiger partial charge in [-0.15, -0.1) is 11.8 Å². The van der Waals surface area contributed by atoms with E-state index in [0.717, 1.165) is 10.6 Å². The van der Waals surface area contributed by atoms with E-state index in [2.05, 4.69) is 10.0 Å². The van der Waals surface area contributed by atoms with Gasteiger partial charge in [-0.05, 0) is 62.9 Å². The third kappa shape index (κ3) is 5.98. The average Bonchev–Trinajstić information content (AvgIpc) is 2.60. The van der Waals surface area contributed by atoms with Crippen LogP contribution in [-0.4, -0.2) is 33.2 Å². The van der Waals surface area contributed by atoms with Crippen molar-refractivity contribution in [1.82, 2.24) is 4.72 Å². The molecule has 0 saturated carbocycles. The summed E-state index contributed by atoms with van der Waals surface area (Å²) < 4.78 is 32.5. The van der Waals surface area contributed by atoms with Gasteiger partial charge in [-0.1, -0.05) is 12.1 Å². The molecular formula is C19H24N2O4S2. The molecule has 0 aliphatic rings. The Labute approximate surface area is 164 Å². The van der Waals surface area contributed by atoms with Crippen LogP contribution in [-0.2, 0) is 14.8 Å². The van der Waals surface area contributed by atoms with Crippen LogP contribution in [0, 0.1) is 6.92 Å². The van der Waals surface area contributed by atoms with Crippen LogP contribution in [0.25, 0.3) is 0 Å². The number of rotatable bonds is 8. The number of nitrogens with one attached hydrogen (secondary N) is 2. The van der Waals surface area contributed by atoms with Crippen molar-refractivity contribution in [3.8, 4) is 5.75 Å². The fourth-order valence-corrected chi connectivity index (χ4v) is 4.30. The monoisotopic (exact) mass is 408 g/mol. The average molecular weight is 409 g/mol. The zero-order valence-corrected chi connectivity index (χ0v) is 17.4. The number of anilines is 1. The number of carbonyl (C=O) groups excluding carboxylic acids is 1. The molecule has 0 aromatic heterocycles. The molecule has 0 radical (unpaired) electrons. The Kier molecular flexibility index (Phi) is 7.29. The van der Waals surface area contributed by atoms with Crippen LogP contribution >= 0.6 is 11.8 Å². The number of sulfonamides is 1. The summed E-state index contributed by atoms with van der Waals surface area (Å²) in [6.07, 6.45) is 1.94. The summed E-state index contributed by atoms with van der Waals surface area (Å²) in [5, 5.41) is 2.82. The fraction of sp³-hybridized carbons (Fsp3) is 0.316. The summed E-state index contributed by atoms with van der Waals surface area (Å²) >= 11 is 1.54. The first-order valence-electron chi connectivity index (χ1n) is 8.41. The molecule has 1 amide bonds. The first-order valence-corrected chi connectivity index (χ1v) is 11.1. The van der Waals surface area contributed by atoms with Crippen molar-refractivity contribution < 1.29 is 17.9 Å². The lowest BCUT2D eigenvalue weighted by atomic mass is 10.2. The summed E-state index contributed by atoms with van der Waals surface area (Å²) in [7, 11) is -3.57. The number of ether oxygens (including phenoxy) is 1. The van der Waals surface area contributed by atoms with Crippen molar-refractivity contribution in [2.45, 2.75) is 36.6 Å². The molecule has 2 rings (SSSR count). The number of benzene rings is 2. The van der Waals surface area contributed by atoms with Crippen molar-refractivity contribution in [2.24, 2.45) is 0 Å². The van der Waals surface area contributed by atoms with Gasteiger partial charge >= 0.3 is 0 Å². The standard InChI is InChI=1S/C19H24N2O4S2/c1-13(2)21-27(23,24)15-9-10-17(14(3)11-15)25-12-19(22)20-16-7-5-6-8-18(16)26-4/h5-11,13,21H,12H2,1-4H3,(H,20,22). The molecule has 0 heterocycles. The van der Waals surface area contributed by atoms with E-state index in [4.69, 9.17) is 4.74 Å². The van der Waals surface area contributed by atoms with E-state index in [9.17, 15) is 13.2 Å². The highest BCUT2D eigenvalue weighted by Crippen LogP contribution is 2.25. The van der Waals surface area contributed by atoms with Crippen molar-refractivity contribution >= 4 is 33.4 Å². The highest BCUT2D eigenvalue weighted by molar-refractivity contribution is 7.98. The van der Waals surface area contributed by atoms with Gasteiger partial charge in [0, 0.05) is 10.9 Å². The molecule has 0 bridgehead atoms. The van der Waals surface area contributed by atoms with Gasteiger partial charge in [0.25, 0.3) is 5.91 Å². The zero-order valence-electron chi connectivity index (χ0n) is 15.8. The molecule has 0 aliphatic carbocycles. The van der Waals surface area contributed by atoms with E-state index in [1.165, 1.54) is 12.1 Å². The number of para-hydroxylation sites is 1. The quantitative estimate of drug-likeness (QED) is 0.654. The summed E-state index contributed by atoms with van der Waals surface area (Å²) in [6.45, 7) is 5.09. The maximum absolute atomic E-state index is 12.2. The highest BCUT2D eigenvalue weighted by Gasteiger charge is 2.17. The van der Waals surface area contributed by atoms with Crippen LogP contribution in [0.5, 0.6) is 5.75 Å². The molecule has 0 unspecified atom stereocenters. The van der Waals surface area contributed by atoms with E-state index in [-0.39, 0.29) is 23.5 Å². The van der Waals surface area contributed by atoms with Crippen LogP contribution in [0.15, 0.2) is 52.3 Å². The SMILES string of the molecule is CSc1ccccc1NC(=O)COc1ccc(S(=O)(=O)NC(C)C)cc1C. The fourth-order valence-electron chi connectivity index (χ4n) is 2.41. The lowest BCUT2D eigenvalue weighted by Crippen LogP contribution is -2.30. The molecule has 0 atom stereocenters. The molecule has 146 valence electrons. The van der Waals surface area contributed by atoms with Crippen LogP contribution in [0.3, 0.4) is 0 Å². The van der Waals surface area contributed by atoms with Gasteiger partial charge in [0.15, 0.2) is 6.61 Å². The van der Waals surface area contributed by atoms with Gasteiger partial charge in [0.2, 0.25) is 10.0 Å². The van der Waals surface area contributed by atoms with E-state index in [1.807, 2.05) is 30.5 Å². The van der Waals surface area contributed by atoms with Crippen LogP contribution < -0.4 is 14.8 Å². The minimum atomic E-state index is -3.57. The van der Waals surface area contributed by atoms with E-state index >= 15 is 0 Å². The topological polar surface area (TPSA) is 84.5 Å². The molecule has 2 aromatic carbocycles. The van der Waals surface area contributed by atoms with E-state index in [1.54, 1.807) is 38.6 Å². The number of amides is 1. The van der Waals surface area contributed by atoms with Crippen molar-refractivity contribution in [2.75, 3.05) is 18.2 Å². The second-order valence-corrected chi connectivity index (χ2v) is 8.80. The lowest BCUT2D eigenvalue weighted by molar-refractivity contribution is -0.118. The first kappa shape index (κ1) is 21.3. The van der Waals surface area contributed by atoms with E-state index in [0.29, 0.717) is 11.3 Å². The predicted molar refractivity (Wildman–Crippen MR) is 109 cm³/mol. The van der Waals surface area contributed by atoms with Crippen LogP contribution in [0.4, 0.5) is 5.69 Å². The summed E-state index contributed by atoms with van der Waals surface area (Å²) in [5.74, 6) is 0.181. The molecule has 0 fully saturated rings. The number of aryl methyl sites for hydroxylation is 1. The number of carbonyl (C=O) groups is 1. The van der Waals surface area contributed by atoms with Gasteiger partial charge in [0.05, 0.1) is 10.6 Å². The Bertz CT molecular complexity index is 912. The Balaban J connectivity index is 2.03. The molecular weight excluding hydrogens is 384 g/mol. The van der Waals surface area contributed by atoms with Gasteiger partial charge < -0.3 is 10.1 Å². The minimum Gasteiger partial charge on any atom is -0.483 e. The molecule has 0 spiro atoms. The Morgan fingerprint density at radius 2 is 1.89 bits per heavy atom. The Morgan fingerprint density at radius 1 is 1.19 bits per heavy atom. The van der Waals surface area contributed by atoms with Gasteiger partial charge in [0.1, 0.15) is 5.75 Å². The Hall–Kier alpha value is -2.03. The second-order valence-electron chi connectivity index (χ2n) is 6.24. The third-order valence-electron chi connectivity index (χ3n) is 3.59. The normalized spacial score (nSPS) is 11.4. The molecule has 6 nitrogen and oxygen atoms in total. The smallest absolute Gasteiger partial charge is 0.262 e. The molecule has 27 heavy (non-hydrogen) atoms. The van der Waals surface area contributed by atoms with Gasteiger partial charge in [-0.25, -0.2) is 13.1 Å². The molecule has 0 saturated heterocycles. The maximum Gasteiger partial charge on any atom is 0.262 e. The first-order chi connectivity index (χ1) is 12.7. The van der Waals surface area contributed by atoms with Crippen LogP contribution in [0.1, 0.15) is 19.4 Å². The zero-order chi connectivity index (χ0) is 20.0. The molecule has 8 heteroatoms. The van der Waals surface area contributed by atoms with Gasteiger partial charge in [-0.3, -0.25) is 4.79 Å². The number of hydrogen-bond donors (Lipinski definition) is 2. The minimum absolute atomic E-state index is 0.166. The highest BCUT2D eigenvalue weighted by atomic mass is 32.2. The number of thioether (sulfide) groups is 1. The lowest BCUT2D eigenvalue weighted by Gasteiger charge is -2.13. The molecule has 2 N–H and O–H groups in total. The Morgan fingerprint density at radius 3 is 2.52 bits per heavy atom. The van der Waals surface area contributed by atoms with Crippen molar-refractivity contribution in [3.05, 3.63) is 48.0 Å². The molecule has 2 aromatic rings. The second kappa shape index (κ2) is 9.25. The van der Waals surface area contributed by atoms with E-state index < -0.39 is 10.0 Å². The summed E-state index contributed by atoms with van der Waals surface area (Å²) in [6, 6.07) is 11.9. The largest absolute Gasteiger partial charge is 0.483 e.